The molecule has 0 amide bonds. The zero-order chi connectivity index (χ0) is 17.4. The Balaban J connectivity index is 1.60. The number of benzene rings is 2. The Hall–Kier alpha value is -2.35. The van der Waals surface area contributed by atoms with Gasteiger partial charge in [-0.25, -0.2) is 0 Å². The standard InChI is InChI=1S/C16H11Cl2N5OS/c17-10-6-11(18)8-12(7-10)19-15-22-23-14(20-21-16(23)25-15)5-9-1-3-13(24)4-2-9/h1-4,6-8,24H,5H2,(H,19,22). The average molecular weight is 392 g/mol. The Labute approximate surface area is 156 Å². The van der Waals surface area contributed by atoms with Gasteiger partial charge in [0.15, 0.2) is 5.82 Å². The Bertz CT molecular complexity index is 1020. The van der Waals surface area contributed by atoms with Crippen molar-refractivity contribution in [3.05, 3.63) is 63.9 Å². The molecule has 25 heavy (non-hydrogen) atoms. The van der Waals surface area contributed by atoms with Crippen molar-refractivity contribution in [3.8, 4) is 5.75 Å². The molecule has 4 aromatic rings. The third kappa shape index (κ3) is 3.53. The molecule has 4 rings (SSSR count). The smallest absolute Gasteiger partial charge is 0.236 e. The number of nitrogens with one attached hydrogen (secondary N) is 1. The number of halogens is 2. The number of fused-ring (bicyclic) bond motifs is 1. The predicted octanol–water partition coefficient (Wildman–Crippen LogP) is 4.53. The summed E-state index contributed by atoms with van der Waals surface area (Å²) < 4.78 is 1.70. The minimum atomic E-state index is 0.232. The maximum atomic E-state index is 9.37. The van der Waals surface area contributed by atoms with Crippen molar-refractivity contribution in [2.75, 3.05) is 5.32 Å². The van der Waals surface area contributed by atoms with Gasteiger partial charge in [-0.05, 0) is 35.9 Å². The molecule has 0 radical (unpaired) electrons. The number of hydrogen-bond acceptors (Lipinski definition) is 6. The number of aromatic hydroxyl groups is 1. The number of anilines is 2. The quantitative estimate of drug-likeness (QED) is 0.534. The van der Waals surface area contributed by atoms with Crippen LogP contribution in [-0.4, -0.2) is 24.9 Å². The zero-order valence-electron chi connectivity index (χ0n) is 12.6. The monoisotopic (exact) mass is 391 g/mol. The van der Waals surface area contributed by atoms with Crippen LogP contribution in [0.3, 0.4) is 0 Å². The van der Waals surface area contributed by atoms with E-state index in [0.29, 0.717) is 32.4 Å². The summed E-state index contributed by atoms with van der Waals surface area (Å²) in [4.78, 5) is 0.685. The van der Waals surface area contributed by atoms with Gasteiger partial charge in [0.25, 0.3) is 0 Å². The Morgan fingerprint density at radius 3 is 2.48 bits per heavy atom. The van der Waals surface area contributed by atoms with Crippen LogP contribution in [0, 0.1) is 0 Å². The highest BCUT2D eigenvalue weighted by Gasteiger charge is 2.13. The number of nitrogens with zero attached hydrogens (tertiary/aromatic N) is 4. The first-order valence-electron chi connectivity index (χ1n) is 7.29. The van der Waals surface area contributed by atoms with Gasteiger partial charge in [-0.1, -0.05) is 46.7 Å². The molecule has 2 N–H and O–H groups in total. The highest BCUT2D eigenvalue weighted by Crippen LogP contribution is 2.28. The van der Waals surface area contributed by atoms with Crippen LogP contribution in [0.4, 0.5) is 10.8 Å². The van der Waals surface area contributed by atoms with Crippen LogP contribution in [0.5, 0.6) is 5.75 Å². The van der Waals surface area contributed by atoms with Crippen LogP contribution in [0.15, 0.2) is 42.5 Å². The topological polar surface area (TPSA) is 75.3 Å². The van der Waals surface area contributed by atoms with Gasteiger partial charge >= 0.3 is 0 Å². The SMILES string of the molecule is Oc1ccc(Cc2nnc3sc(Nc4cc(Cl)cc(Cl)c4)nn23)cc1. The van der Waals surface area contributed by atoms with Gasteiger partial charge < -0.3 is 10.4 Å². The van der Waals surface area contributed by atoms with Crippen molar-refractivity contribution in [2.24, 2.45) is 0 Å². The molecular formula is C16H11Cl2N5OS. The van der Waals surface area contributed by atoms with Crippen LogP contribution in [0.25, 0.3) is 4.96 Å². The van der Waals surface area contributed by atoms with Gasteiger partial charge in [0, 0.05) is 22.2 Å². The third-order valence-corrected chi connectivity index (χ3v) is 4.72. The molecule has 0 unspecified atom stereocenters. The van der Waals surface area contributed by atoms with E-state index in [-0.39, 0.29) is 5.75 Å². The summed E-state index contributed by atoms with van der Waals surface area (Å²) in [6, 6.07) is 12.2. The molecule has 0 saturated heterocycles. The van der Waals surface area contributed by atoms with Gasteiger partial charge in [0.2, 0.25) is 10.1 Å². The molecule has 2 aromatic heterocycles. The van der Waals surface area contributed by atoms with Crippen molar-refractivity contribution in [2.45, 2.75) is 6.42 Å². The predicted molar refractivity (Wildman–Crippen MR) is 99.3 cm³/mol. The van der Waals surface area contributed by atoms with E-state index in [1.807, 2.05) is 12.1 Å². The van der Waals surface area contributed by atoms with Crippen molar-refractivity contribution in [1.82, 2.24) is 19.8 Å². The highest BCUT2D eigenvalue weighted by atomic mass is 35.5. The molecule has 2 heterocycles. The summed E-state index contributed by atoms with van der Waals surface area (Å²) in [6.07, 6.45) is 0.563. The van der Waals surface area contributed by atoms with E-state index in [9.17, 15) is 5.11 Å². The first-order chi connectivity index (χ1) is 12.1. The van der Waals surface area contributed by atoms with Crippen molar-refractivity contribution < 1.29 is 5.11 Å². The molecule has 0 spiro atoms. The van der Waals surface area contributed by atoms with E-state index in [0.717, 1.165) is 11.3 Å². The summed E-state index contributed by atoms with van der Waals surface area (Å²) in [5, 5.41) is 27.1. The van der Waals surface area contributed by atoms with E-state index in [2.05, 4.69) is 20.6 Å². The number of phenolic OH excluding ortho intramolecular Hbond substituents is 1. The summed E-state index contributed by atoms with van der Waals surface area (Å²) >= 11 is 13.4. The van der Waals surface area contributed by atoms with Gasteiger partial charge in [-0.2, -0.15) is 4.52 Å². The molecule has 2 aromatic carbocycles. The molecule has 9 heteroatoms. The lowest BCUT2D eigenvalue weighted by molar-refractivity contribution is 0.475. The van der Waals surface area contributed by atoms with Gasteiger partial charge in [0.1, 0.15) is 5.75 Å². The number of rotatable bonds is 4. The Kier molecular flexibility index (Phi) is 4.20. The minimum absolute atomic E-state index is 0.232. The molecule has 0 aliphatic carbocycles. The number of phenols is 1. The average Bonchev–Trinajstić information content (AvgIpc) is 3.10. The molecule has 0 aliphatic rings. The summed E-state index contributed by atoms with van der Waals surface area (Å²) in [5.41, 5.74) is 1.76. The molecular weight excluding hydrogens is 381 g/mol. The molecule has 0 saturated carbocycles. The van der Waals surface area contributed by atoms with Crippen LogP contribution in [0.2, 0.25) is 10.0 Å². The second-order valence-electron chi connectivity index (χ2n) is 5.34. The van der Waals surface area contributed by atoms with Crippen LogP contribution >= 0.6 is 34.5 Å². The number of hydrogen-bond donors (Lipinski definition) is 2. The zero-order valence-corrected chi connectivity index (χ0v) is 15.0. The first kappa shape index (κ1) is 16.1. The van der Waals surface area contributed by atoms with Crippen LogP contribution in [0.1, 0.15) is 11.4 Å². The lowest BCUT2D eigenvalue weighted by Crippen LogP contribution is -1.98. The Morgan fingerprint density at radius 2 is 1.76 bits per heavy atom. The molecule has 0 atom stereocenters. The van der Waals surface area contributed by atoms with Crippen molar-refractivity contribution >= 4 is 50.3 Å². The highest BCUT2D eigenvalue weighted by molar-refractivity contribution is 7.20. The number of aromatic nitrogens is 4. The molecule has 126 valence electrons. The third-order valence-electron chi connectivity index (χ3n) is 3.47. The fourth-order valence-corrected chi connectivity index (χ4v) is 3.67. The summed E-state index contributed by atoms with van der Waals surface area (Å²) in [6.45, 7) is 0. The lowest BCUT2D eigenvalue weighted by atomic mass is 10.1. The van der Waals surface area contributed by atoms with Gasteiger partial charge in [-0.3, -0.25) is 0 Å². The first-order valence-corrected chi connectivity index (χ1v) is 8.86. The summed E-state index contributed by atoms with van der Waals surface area (Å²) in [7, 11) is 0. The summed E-state index contributed by atoms with van der Waals surface area (Å²) in [5.74, 6) is 0.949. The minimum Gasteiger partial charge on any atom is -0.508 e. The molecule has 0 aliphatic heterocycles. The normalized spacial score (nSPS) is 11.1. The largest absolute Gasteiger partial charge is 0.508 e. The van der Waals surface area contributed by atoms with E-state index in [1.165, 1.54) is 11.3 Å². The molecule has 0 fully saturated rings. The fourth-order valence-electron chi connectivity index (χ4n) is 2.36. The van der Waals surface area contributed by atoms with Crippen LogP contribution < -0.4 is 5.32 Å². The van der Waals surface area contributed by atoms with E-state index in [4.69, 9.17) is 23.2 Å². The fraction of sp³-hybridized carbons (Fsp3) is 0.0625. The second-order valence-corrected chi connectivity index (χ2v) is 7.17. The molecule has 6 nitrogen and oxygen atoms in total. The van der Waals surface area contributed by atoms with Crippen molar-refractivity contribution in [3.63, 3.8) is 0 Å². The maximum Gasteiger partial charge on any atom is 0.236 e. The van der Waals surface area contributed by atoms with Crippen LogP contribution in [-0.2, 0) is 6.42 Å². The second kappa shape index (κ2) is 6.51. The maximum absolute atomic E-state index is 9.37. The van der Waals surface area contributed by atoms with Gasteiger partial charge in [-0.15, -0.1) is 15.3 Å². The van der Waals surface area contributed by atoms with Crippen molar-refractivity contribution in [1.29, 1.82) is 0 Å². The van der Waals surface area contributed by atoms with E-state index >= 15 is 0 Å². The molecule has 0 bridgehead atoms. The van der Waals surface area contributed by atoms with Gasteiger partial charge in [0.05, 0.1) is 0 Å². The lowest BCUT2D eigenvalue weighted by Gasteiger charge is -2.03. The van der Waals surface area contributed by atoms with E-state index < -0.39 is 0 Å². The Morgan fingerprint density at radius 1 is 1.04 bits per heavy atom. The van der Waals surface area contributed by atoms with E-state index in [1.54, 1.807) is 34.8 Å².